The van der Waals surface area contributed by atoms with Crippen LogP contribution >= 0.6 is 0 Å². The fraction of sp³-hybridized carbons (Fsp3) is 0.312. The fourth-order valence-corrected chi connectivity index (χ4v) is 2.87. The molecule has 4 heteroatoms. The molecular weight excluding hydrogens is 252 g/mol. The highest BCUT2D eigenvalue weighted by Gasteiger charge is 2.36. The Bertz CT molecular complexity index is 687. The Balaban J connectivity index is 1.97. The zero-order chi connectivity index (χ0) is 14.3. The number of nitrogens with zero attached hydrogens (tertiary/aromatic N) is 2. The van der Waals surface area contributed by atoms with Crippen molar-refractivity contribution < 1.29 is 9.59 Å². The van der Waals surface area contributed by atoms with Crippen molar-refractivity contribution in [1.82, 2.24) is 9.55 Å². The average Bonchev–Trinajstić information content (AvgIpc) is 2.89. The number of benzene rings is 1. The van der Waals surface area contributed by atoms with E-state index in [9.17, 15) is 9.59 Å². The van der Waals surface area contributed by atoms with Gasteiger partial charge >= 0.3 is 0 Å². The van der Waals surface area contributed by atoms with Crippen LogP contribution in [0.1, 0.15) is 45.7 Å². The van der Waals surface area contributed by atoms with E-state index < -0.39 is 5.92 Å². The zero-order valence-electron chi connectivity index (χ0n) is 11.5. The van der Waals surface area contributed by atoms with E-state index in [0.717, 1.165) is 5.56 Å². The molecule has 2 unspecified atom stereocenters. The van der Waals surface area contributed by atoms with E-state index in [1.807, 2.05) is 31.3 Å². The molecule has 0 aliphatic heterocycles. The molecule has 1 aliphatic carbocycles. The Morgan fingerprint density at radius 3 is 2.80 bits per heavy atom. The minimum absolute atomic E-state index is 0.0747. The van der Waals surface area contributed by atoms with Crippen LogP contribution in [0.4, 0.5) is 0 Å². The first kappa shape index (κ1) is 12.8. The molecule has 102 valence electrons. The first-order valence-electron chi connectivity index (χ1n) is 6.73. The van der Waals surface area contributed by atoms with Crippen LogP contribution in [-0.4, -0.2) is 21.1 Å². The quantitative estimate of drug-likeness (QED) is 0.621. The molecule has 0 fully saturated rings. The highest BCUT2D eigenvalue weighted by Crippen LogP contribution is 2.35. The molecule has 0 saturated carbocycles. The summed E-state index contributed by atoms with van der Waals surface area (Å²) in [5.74, 6) is -0.636. The van der Waals surface area contributed by atoms with E-state index >= 15 is 0 Å². The van der Waals surface area contributed by atoms with Crippen molar-refractivity contribution in [3.8, 4) is 0 Å². The van der Waals surface area contributed by atoms with E-state index in [-0.39, 0.29) is 17.5 Å². The van der Waals surface area contributed by atoms with Gasteiger partial charge in [0, 0.05) is 18.8 Å². The third-order valence-corrected chi connectivity index (χ3v) is 3.94. The molecule has 0 saturated heterocycles. The van der Waals surface area contributed by atoms with E-state index in [1.54, 1.807) is 17.1 Å². The molecule has 0 bridgehead atoms. The monoisotopic (exact) mass is 268 g/mol. The summed E-state index contributed by atoms with van der Waals surface area (Å²) in [4.78, 5) is 29.1. The Kier molecular flexibility index (Phi) is 3.01. The molecule has 1 aromatic heterocycles. The smallest absolute Gasteiger partial charge is 0.193 e. The van der Waals surface area contributed by atoms with Crippen molar-refractivity contribution in [3.63, 3.8) is 0 Å². The third-order valence-electron chi connectivity index (χ3n) is 3.94. The van der Waals surface area contributed by atoms with Gasteiger partial charge in [-0.2, -0.15) is 0 Å². The fourth-order valence-electron chi connectivity index (χ4n) is 2.87. The lowest BCUT2D eigenvalue weighted by Gasteiger charge is -2.27. The molecule has 3 rings (SSSR count). The molecule has 0 radical (unpaired) electrons. The summed E-state index contributed by atoms with van der Waals surface area (Å²) >= 11 is 0. The summed E-state index contributed by atoms with van der Waals surface area (Å²) in [5, 5.41) is 0. The molecular formula is C16H16N2O2. The van der Waals surface area contributed by atoms with Gasteiger partial charge in [-0.25, -0.2) is 4.98 Å². The molecule has 4 nitrogen and oxygen atoms in total. The lowest BCUT2D eigenvalue weighted by molar-refractivity contribution is 0.0779. The number of ketones is 2. The van der Waals surface area contributed by atoms with E-state index in [0.29, 0.717) is 17.7 Å². The van der Waals surface area contributed by atoms with Crippen LogP contribution in [0.25, 0.3) is 0 Å². The minimum Gasteiger partial charge on any atom is -0.340 e. The second-order valence-corrected chi connectivity index (χ2v) is 5.43. The third kappa shape index (κ3) is 1.97. The van der Waals surface area contributed by atoms with Gasteiger partial charge in [-0.3, -0.25) is 9.59 Å². The number of Topliss-reactive ketones (excluding diaryl/α,β-unsaturated/α-hetero) is 2. The predicted molar refractivity (Wildman–Crippen MR) is 74.8 cm³/mol. The molecule has 0 N–H and O–H groups in total. The maximum atomic E-state index is 12.5. The van der Waals surface area contributed by atoms with Gasteiger partial charge in [0.1, 0.15) is 5.69 Å². The summed E-state index contributed by atoms with van der Waals surface area (Å²) < 4.78 is 1.72. The number of fused-ring (bicyclic) bond motifs is 1. The Morgan fingerprint density at radius 2 is 2.10 bits per heavy atom. The van der Waals surface area contributed by atoms with Crippen LogP contribution in [0.15, 0.2) is 36.8 Å². The van der Waals surface area contributed by atoms with Crippen molar-refractivity contribution in [2.75, 3.05) is 0 Å². The predicted octanol–water partition coefficient (Wildman–Crippen LogP) is 2.61. The maximum absolute atomic E-state index is 12.5. The van der Waals surface area contributed by atoms with Gasteiger partial charge in [-0.1, -0.05) is 31.2 Å². The normalized spacial score (nSPS) is 21.6. The molecule has 2 atom stereocenters. The lowest BCUT2D eigenvalue weighted by atomic mass is 9.75. The molecule has 1 aliphatic rings. The molecule has 0 amide bonds. The zero-order valence-corrected chi connectivity index (χ0v) is 11.5. The van der Waals surface area contributed by atoms with Gasteiger partial charge in [0.25, 0.3) is 0 Å². The van der Waals surface area contributed by atoms with Crippen molar-refractivity contribution in [3.05, 3.63) is 53.6 Å². The number of imidazole rings is 1. The van der Waals surface area contributed by atoms with Gasteiger partial charge in [0.05, 0.1) is 12.2 Å². The van der Waals surface area contributed by atoms with Crippen molar-refractivity contribution in [1.29, 1.82) is 0 Å². The number of aryl methyl sites for hydroxylation is 1. The Hall–Kier alpha value is -2.23. The molecule has 1 heterocycles. The van der Waals surface area contributed by atoms with E-state index in [4.69, 9.17) is 0 Å². The van der Waals surface area contributed by atoms with Crippen LogP contribution < -0.4 is 0 Å². The SMILES string of the molecule is CC1CC(C(=O)c2cn(C)cn2)C(=O)c2ccccc21. The lowest BCUT2D eigenvalue weighted by Crippen LogP contribution is -2.31. The molecule has 2 aromatic rings. The number of carbonyl (C=O) groups is 2. The highest BCUT2D eigenvalue weighted by atomic mass is 16.2. The van der Waals surface area contributed by atoms with Gasteiger partial charge < -0.3 is 4.57 Å². The highest BCUT2D eigenvalue weighted by molar-refractivity contribution is 6.16. The number of hydrogen-bond donors (Lipinski definition) is 0. The molecule has 20 heavy (non-hydrogen) atoms. The van der Waals surface area contributed by atoms with Gasteiger partial charge in [-0.15, -0.1) is 0 Å². The molecule has 1 aromatic carbocycles. The average molecular weight is 268 g/mol. The standard InChI is InChI=1S/C16H16N2O2/c1-10-7-13(16(20)14-8-18(2)9-17-14)15(19)12-6-4-3-5-11(10)12/h3-6,8-10,13H,7H2,1-2H3. The topological polar surface area (TPSA) is 52.0 Å². The maximum Gasteiger partial charge on any atom is 0.193 e. The van der Waals surface area contributed by atoms with Crippen LogP contribution in [-0.2, 0) is 7.05 Å². The Labute approximate surface area is 117 Å². The number of aromatic nitrogens is 2. The van der Waals surface area contributed by atoms with Crippen molar-refractivity contribution >= 4 is 11.6 Å². The van der Waals surface area contributed by atoms with Crippen LogP contribution in [0.2, 0.25) is 0 Å². The van der Waals surface area contributed by atoms with Crippen molar-refractivity contribution in [2.45, 2.75) is 19.3 Å². The largest absolute Gasteiger partial charge is 0.340 e. The summed E-state index contributed by atoms with van der Waals surface area (Å²) in [6.07, 6.45) is 3.81. The first-order valence-corrected chi connectivity index (χ1v) is 6.73. The van der Waals surface area contributed by atoms with E-state index in [2.05, 4.69) is 11.9 Å². The van der Waals surface area contributed by atoms with Crippen LogP contribution in [0.5, 0.6) is 0 Å². The summed E-state index contributed by atoms with van der Waals surface area (Å²) in [5.41, 5.74) is 2.10. The summed E-state index contributed by atoms with van der Waals surface area (Å²) in [6, 6.07) is 7.56. The van der Waals surface area contributed by atoms with Gasteiger partial charge in [0.2, 0.25) is 0 Å². The van der Waals surface area contributed by atoms with Crippen molar-refractivity contribution in [2.24, 2.45) is 13.0 Å². The number of rotatable bonds is 2. The first-order chi connectivity index (χ1) is 9.58. The summed E-state index contributed by atoms with van der Waals surface area (Å²) in [7, 11) is 1.81. The van der Waals surface area contributed by atoms with E-state index in [1.165, 1.54) is 0 Å². The number of carbonyl (C=O) groups excluding carboxylic acids is 2. The minimum atomic E-state index is -0.602. The van der Waals surface area contributed by atoms with Gasteiger partial charge in [0.15, 0.2) is 11.6 Å². The number of hydrogen-bond acceptors (Lipinski definition) is 3. The van der Waals surface area contributed by atoms with Crippen LogP contribution in [0, 0.1) is 5.92 Å². The Morgan fingerprint density at radius 1 is 1.35 bits per heavy atom. The van der Waals surface area contributed by atoms with Gasteiger partial charge in [-0.05, 0) is 17.9 Å². The van der Waals surface area contributed by atoms with Crippen LogP contribution in [0.3, 0.4) is 0 Å². The summed E-state index contributed by atoms with van der Waals surface area (Å²) in [6.45, 7) is 2.06. The molecule has 0 spiro atoms. The second kappa shape index (κ2) is 4.71. The second-order valence-electron chi connectivity index (χ2n) is 5.43.